The van der Waals surface area contributed by atoms with Gasteiger partial charge < -0.3 is 4.90 Å². The summed E-state index contributed by atoms with van der Waals surface area (Å²) in [5.41, 5.74) is 3.70. The third-order valence-corrected chi connectivity index (χ3v) is 4.85. The first-order chi connectivity index (χ1) is 14.0. The first-order valence-corrected chi connectivity index (χ1v) is 9.30. The Bertz CT molecular complexity index is 1250. The molecule has 2 heterocycles. The highest BCUT2D eigenvalue weighted by molar-refractivity contribution is 5.91. The number of hydrogen-bond acceptors (Lipinski definition) is 4. The fourth-order valence-electron chi connectivity index (χ4n) is 3.23. The van der Waals surface area contributed by atoms with E-state index >= 15 is 0 Å². The van der Waals surface area contributed by atoms with Gasteiger partial charge in [0.05, 0.1) is 5.69 Å². The molecular formula is C23H20N4O2. The summed E-state index contributed by atoms with van der Waals surface area (Å²) < 4.78 is 1.57. The average molecular weight is 384 g/mol. The lowest BCUT2D eigenvalue weighted by Gasteiger charge is -2.17. The predicted octanol–water partition coefficient (Wildman–Crippen LogP) is 3.35. The van der Waals surface area contributed by atoms with Gasteiger partial charge in [-0.15, -0.1) is 0 Å². The maximum atomic E-state index is 13.4. The smallest absolute Gasteiger partial charge is 0.278 e. The Morgan fingerprint density at radius 2 is 1.83 bits per heavy atom. The normalized spacial score (nSPS) is 10.8. The van der Waals surface area contributed by atoms with Crippen LogP contribution in [0.25, 0.3) is 16.9 Å². The van der Waals surface area contributed by atoms with Gasteiger partial charge in [0, 0.05) is 32.3 Å². The van der Waals surface area contributed by atoms with Gasteiger partial charge in [-0.05, 0) is 35.9 Å². The van der Waals surface area contributed by atoms with Crippen molar-refractivity contribution in [1.29, 1.82) is 0 Å². The van der Waals surface area contributed by atoms with E-state index in [2.05, 4.69) is 9.97 Å². The minimum atomic E-state index is -0.220. The van der Waals surface area contributed by atoms with Crippen molar-refractivity contribution < 1.29 is 4.79 Å². The number of pyridine rings is 1. The Kier molecular flexibility index (Phi) is 4.91. The maximum Gasteiger partial charge on any atom is 0.278 e. The van der Waals surface area contributed by atoms with Crippen molar-refractivity contribution in [3.63, 3.8) is 0 Å². The fraction of sp³-hybridized carbons (Fsp3) is 0.130. The van der Waals surface area contributed by atoms with E-state index in [1.807, 2.05) is 60.7 Å². The average Bonchev–Trinajstić information content (AvgIpc) is 2.74. The van der Waals surface area contributed by atoms with Crippen molar-refractivity contribution in [2.24, 2.45) is 0 Å². The first kappa shape index (κ1) is 18.6. The Morgan fingerprint density at radius 3 is 2.59 bits per heavy atom. The minimum absolute atomic E-state index is 0.0861. The van der Waals surface area contributed by atoms with Crippen LogP contribution >= 0.6 is 0 Å². The highest BCUT2D eigenvalue weighted by Crippen LogP contribution is 2.20. The molecule has 2 aromatic heterocycles. The minimum Gasteiger partial charge on any atom is -0.316 e. The summed E-state index contributed by atoms with van der Waals surface area (Å²) >= 11 is 0. The van der Waals surface area contributed by atoms with Gasteiger partial charge in [-0.2, -0.15) is 0 Å². The SMILES string of the molecule is CC(=O)N(C)c1cccc(-n2c(=O)c(Cc3ccccc3)nc3cccnc32)c1. The molecule has 0 saturated heterocycles. The number of fused-ring (bicyclic) bond motifs is 1. The van der Waals surface area contributed by atoms with E-state index in [4.69, 9.17) is 0 Å². The van der Waals surface area contributed by atoms with Gasteiger partial charge in [-0.3, -0.25) is 14.2 Å². The van der Waals surface area contributed by atoms with Crippen molar-refractivity contribution in [3.05, 3.63) is 94.5 Å². The molecule has 2 aromatic carbocycles. The molecule has 0 spiro atoms. The molecule has 0 aliphatic heterocycles. The topological polar surface area (TPSA) is 68.1 Å². The number of carbonyl (C=O) groups excluding carboxylic acids is 1. The molecule has 4 rings (SSSR count). The van der Waals surface area contributed by atoms with Crippen molar-refractivity contribution in [2.45, 2.75) is 13.3 Å². The lowest BCUT2D eigenvalue weighted by molar-refractivity contribution is -0.116. The third-order valence-electron chi connectivity index (χ3n) is 4.85. The molecule has 0 aliphatic carbocycles. The molecule has 6 heteroatoms. The van der Waals surface area contributed by atoms with Crippen LogP contribution < -0.4 is 10.5 Å². The molecule has 0 radical (unpaired) electrons. The Hall–Kier alpha value is -3.80. The van der Waals surface area contributed by atoms with Crippen molar-refractivity contribution in [3.8, 4) is 5.69 Å². The second-order valence-corrected chi connectivity index (χ2v) is 6.81. The molecule has 0 saturated carbocycles. The van der Waals surface area contributed by atoms with Crippen LogP contribution in [0.2, 0.25) is 0 Å². The van der Waals surface area contributed by atoms with E-state index in [9.17, 15) is 9.59 Å². The van der Waals surface area contributed by atoms with Gasteiger partial charge in [-0.1, -0.05) is 36.4 Å². The second kappa shape index (κ2) is 7.67. The van der Waals surface area contributed by atoms with Crippen LogP contribution in [0.15, 0.2) is 77.7 Å². The Morgan fingerprint density at radius 1 is 1.03 bits per heavy atom. The summed E-state index contributed by atoms with van der Waals surface area (Å²) in [4.78, 5) is 35.7. The monoisotopic (exact) mass is 384 g/mol. The number of nitrogens with zero attached hydrogens (tertiary/aromatic N) is 4. The highest BCUT2D eigenvalue weighted by Gasteiger charge is 2.15. The highest BCUT2D eigenvalue weighted by atomic mass is 16.2. The summed E-state index contributed by atoms with van der Waals surface area (Å²) in [5.74, 6) is -0.0861. The molecule has 0 N–H and O–H groups in total. The standard InChI is InChI=1S/C23H20N4O2/c1-16(28)26(2)18-10-6-11-19(15-18)27-22-20(12-7-13-24-22)25-21(23(27)29)14-17-8-4-3-5-9-17/h3-13,15H,14H2,1-2H3. The quantitative estimate of drug-likeness (QED) is 0.541. The summed E-state index contributed by atoms with van der Waals surface area (Å²) in [7, 11) is 1.70. The van der Waals surface area contributed by atoms with Crippen molar-refractivity contribution in [1.82, 2.24) is 14.5 Å². The number of aromatic nitrogens is 3. The largest absolute Gasteiger partial charge is 0.316 e. The molecule has 4 aromatic rings. The van der Waals surface area contributed by atoms with Gasteiger partial charge in [-0.25, -0.2) is 9.97 Å². The van der Waals surface area contributed by atoms with E-state index in [1.165, 1.54) is 11.8 Å². The summed E-state index contributed by atoms with van der Waals surface area (Å²) in [6, 6.07) is 20.7. The van der Waals surface area contributed by atoms with E-state index < -0.39 is 0 Å². The van der Waals surface area contributed by atoms with E-state index in [-0.39, 0.29) is 11.5 Å². The van der Waals surface area contributed by atoms with Crippen LogP contribution in [0.5, 0.6) is 0 Å². The van der Waals surface area contributed by atoms with E-state index in [1.54, 1.807) is 23.9 Å². The third kappa shape index (κ3) is 3.65. The molecule has 0 aliphatic rings. The molecule has 0 unspecified atom stereocenters. The van der Waals surface area contributed by atoms with Crippen LogP contribution in [0, 0.1) is 0 Å². The molecule has 144 valence electrons. The number of amides is 1. The predicted molar refractivity (Wildman–Crippen MR) is 113 cm³/mol. The Labute approximate surface area is 168 Å². The van der Waals surface area contributed by atoms with Crippen LogP contribution in [0.1, 0.15) is 18.2 Å². The zero-order chi connectivity index (χ0) is 20.4. The number of benzene rings is 2. The molecule has 1 amide bonds. The van der Waals surface area contributed by atoms with E-state index in [0.29, 0.717) is 34.7 Å². The summed E-state index contributed by atoms with van der Waals surface area (Å²) in [5, 5.41) is 0. The number of anilines is 1. The molecule has 6 nitrogen and oxygen atoms in total. The first-order valence-electron chi connectivity index (χ1n) is 9.30. The molecular weight excluding hydrogens is 364 g/mol. The van der Waals surface area contributed by atoms with Gasteiger partial charge in [0.2, 0.25) is 5.91 Å². The van der Waals surface area contributed by atoms with Crippen LogP contribution in [0.4, 0.5) is 5.69 Å². The fourth-order valence-corrected chi connectivity index (χ4v) is 3.23. The number of hydrogen-bond donors (Lipinski definition) is 0. The summed E-state index contributed by atoms with van der Waals surface area (Å²) in [6.07, 6.45) is 2.07. The number of carbonyl (C=O) groups is 1. The Balaban J connectivity index is 1.92. The van der Waals surface area contributed by atoms with Crippen LogP contribution in [-0.2, 0) is 11.2 Å². The molecule has 0 bridgehead atoms. The maximum absolute atomic E-state index is 13.4. The molecule has 0 fully saturated rings. The zero-order valence-electron chi connectivity index (χ0n) is 16.2. The van der Waals surface area contributed by atoms with Gasteiger partial charge in [0.15, 0.2) is 5.65 Å². The summed E-state index contributed by atoms with van der Waals surface area (Å²) in [6.45, 7) is 1.50. The zero-order valence-corrected chi connectivity index (χ0v) is 16.2. The van der Waals surface area contributed by atoms with Crippen LogP contribution in [-0.4, -0.2) is 27.5 Å². The van der Waals surface area contributed by atoms with Gasteiger partial charge in [0.25, 0.3) is 5.56 Å². The lowest BCUT2D eigenvalue weighted by Crippen LogP contribution is -2.26. The lowest BCUT2D eigenvalue weighted by atomic mass is 10.1. The van der Waals surface area contributed by atoms with E-state index in [0.717, 1.165) is 5.56 Å². The van der Waals surface area contributed by atoms with Crippen LogP contribution in [0.3, 0.4) is 0 Å². The molecule has 0 atom stereocenters. The van der Waals surface area contributed by atoms with Crippen molar-refractivity contribution in [2.75, 3.05) is 11.9 Å². The van der Waals surface area contributed by atoms with Gasteiger partial charge >= 0.3 is 0 Å². The molecule has 29 heavy (non-hydrogen) atoms. The number of rotatable bonds is 4. The van der Waals surface area contributed by atoms with Crippen molar-refractivity contribution >= 4 is 22.8 Å². The second-order valence-electron chi connectivity index (χ2n) is 6.81. The van der Waals surface area contributed by atoms with Gasteiger partial charge in [0.1, 0.15) is 11.2 Å².